The van der Waals surface area contributed by atoms with Crippen molar-refractivity contribution in [3.63, 3.8) is 0 Å². The van der Waals surface area contributed by atoms with Crippen LogP contribution in [0.15, 0.2) is 308 Å². The summed E-state index contributed by atoms with van der Waals surface area (Å²) in [5.41, 5.74) is 18.2. The van der Waals surface area contributed by atoms with Gasteiger partial charge in [-0.3, -0.25) is 0 Å². The van der Waals surface area contributed by atoms with E-state index < -0.39 is 123 Å². The van der Waals surface area contributed by atoms with E-state index in [-0.39, 0.29) is 71.5 Å². The molecule has 3 heterocycles. The van der Waals surface area contributed by atoms with Crippen LogP contribution in [0.1, 0.15) is 105 Å². The molecule has 119 heavy (non-hydrogen) atoms. The van der Waals surface area contributed by atoms with Crippen molar-refractivity contribution >= 4 is 18.7 Å². The zero-order chi connectivity index (χ0) is 81.7. The van der Waals surface area contributed by atoms with Crippen molar-refractivity contribution in [1.29, 1.82) is 0 Å². The maximum absolute atomic E-state index is 11.5. The Kier molecular flexibility index (Phi) is 27.1. The van der Waals surface area contributed by atoms with Gasteiger partial charge in [0.1, 0.15) is 85.4 Å². The second kappa shape index (κ2) is 38.5. The smallest absolute Gasteiger partial charge is 0.261 e. The molecular weight excluding hydrogens is 1510 g/mol. The van der Waals surface area contributed by atoms with Gasteiger partial charge in [-0.1, -0.05) is 350 Å². The Labute approximate surface area is 701 Å². The van der Waals surface area contributed by atoms with Gasteiger partial charge >= 0.3 is 0 Å². The van der Waals surface area contributed by atoms with Gasteiger partial charge in [0.05, 0.1) is 66.1 Å². The van der Waals surface area contributed by atoms with Crippen molar-refractivity contribution < 1.29 is 70.7 Å². The van der Waals surface area contributed by atoms with E-state index in [0.717, 1.165) is 67.7 Å². The highest BCUT2D eigenvalue weighted by Crippen LogP contribution is 2.73. The molecule has 0 amide bonds. The summed E-state index contributed by atoms with van der Waals surface area (Å²) in [6.45, 7) is 15.0. The van der Waals surface area contributed by atoms with Gasteiger partial charge in [0.25, 0.3) is 8.32 Å². The van der Waals surface area contributed by atoms with Gasteiger partial charge in [0.15, 0.2) is 18.4 Å². The molecule has 10 aromatic carbocycles. The quantitative estimate of drug-likeness (QED) is 0.0158. The Hall–Kier alpha value is -8.87. The highest BCUT2D eigenvalue weighted by Gasteiger charge is 2.76. The summed E-state index contributed by atoms with van der Waals surface area (Å²) < 4.78 is 115. The Morgan fingerprint density at radius 1 is 0.378 bits per heavy atom. The van der Waals surface area contributed by atoms with Crippen LogP contribution in [0.2, 0.25) is 5.04 Å². The highest BCUT2D eigenvalue weighted by atomic mass is 28.4. The standard InChI is InChI=1S/C100H111N3O15Si/c1-97(2,3)119(79-53-33-15-34-54-79,80-55-35-16-36-56-80)112-69-82-84(105-61-71-39-19-8-20-40-71)87(107-63-73-43-23-10-24-44-73)94(111-67-77-51-31-14-32-52-77)96(114-82)115-85-81(68-104-60-70-37-17-7-18-38-70)113-95(83(102-103-101)86(85)106-62-72-41-21-9-22-42-72)116-91-89(109-65-75-47-27-12-28-48-75)88(108-64-74-45-25-11-26-46-74)90(110-66-76-49-29-13-30-50-76)92-93(91)118-100(117-92)59-78-57-58-99(100,6)98(78,4)5/h7-56,78,81-96H,57-69H2,1-6H3/t78-,81+,82+,83+,84+,85+,86+,87-,88-,89-,90+,91+,92+,93-,94-,95+,96+,99-,100+/m0/s1. The van der Waals surface area contributed by atoms with Gasteiger partial charge in [-0.25, -0.2) is 0 Å². The molecule has 1 spiro atoms. The van der Waals surface area contributed by atoms with Crippen molar-refractivity contribution in [3.05, 3.63) is 358 Å². The summed E-state index contributed by atoms with van der Waals surface area (Å²) in [6.07, 6.45) is -13.1. The molecule has 3 saturated heterocycles. The lowest BCUT2D eigenvalue weighted by Gasteiger charge is -2.52. The molecule has 3 saturated carbocycles. The first-order valence-electron chi connectivity index (χ1n) is 42.1. The summed E-state index contributed by atoms with van der Waals surface area (Å²) in [4.78, 5) is 3.72. The molecule has 2 bridgehead atoms. The monoisotopic (exact) mass is 1620 g/mol. The van der Waals surface area contributed by atoms with Gasteiger partial charge in [-0.05, 0) is 89.6 Å². The van der Waals surface area contributed by atoms with Gasteiger partial charge < -0.3 is 70.7 Å². The number of azide groups is 1. The fourth-order valence-corrected chi connectivity index (χ4v) is 23.6. The molecule has 3 aliphatic carbocycles. The molecule has 19 heteroatoms. The first-order chi connectivity index (χ1) is 58.2. The van der Waals surface area contributed by atoms with Crippen molar-refractivity contribution in [2.45, 2.75) is 222 Å². The number of fused-ring (bicyclic) bond motifs is 4. The van der Waals surface area contributed by atoms with E-state index in [9.17, 15) is 5.53 Å². The number of hydrogen-bond donors (Lipinski definition) is 0. The third kappa shape index (κ3) is 18.7. The Morgan fingerprint density at radius 2 is 0.706 bits per heavy atom. The highest BCUT2D eigenvalue weighted by molar-refractivity contribution is 6.99. The molecule has 620 valence electrons. The average Bonchev–Trinajstić information content (AvgIpc) is 1.50. The summed E-state index contributed by atoms with van der Waals surface area (Å²) in [5.74, 6) is -0.803. The molecule has 10 aromatic rings. The molecular formula is C100H111N3O15Si. The largest absolute Gasteiger partial charge is 0.405 e. The number of ether oxygens (including phenoxy) is 14. The summed E-state index contributed by atoms with van der Waals surface area (Å²) in [7, 11) is -3.35. The van der Waals surface area contributed by atoms with Crippen LogP contribution in [0.5, 0.6) is 0 Å². The lowest BCUT2D eigenvalue weighted by molar-refractivity contribution is -0.370. The number of nitrogens with zero attached hydrogens (tertiary/aromatic N) is 3. The van der Waals surface area contributed by atoms with Crippen molar-refractivity contribution in [1.82, 2.24) is 0 Å². The molecule has 0 radical (unpaired) electrons. The molecule has 6 aliphatic rings. The minimum Gasteiger partial charge on any atom is -0.405 e. The summed E-state index contributed by atoms with van der Waals surface area (Å²) >= 11 is 0. The molecule has 6 fully saturated rings. The van der Waals surface area contributed by atoms with Crippen molar-refractivity contribution in [2.75, 3.05) is 13.2 Å². The van der Waals surface area contributed by atoms with Crippen LogP contribution in [0.4, 0.5) is 0 Å². The van der Waals surface area contributed by atoms with Crippen LogP contribution in [0.3, 0.4) is 0 Å². The average molecular weight is 1620 g/mol. The van der Waals surface area contributed by atoms with E-state index in [4.69, 9.17) is 75.9 Å². The Morgan fingerprint density at radius 3 is 1.09 bits per heavy atom. The Balaban J connectivity index is 0.845. The first-order valence-corrected chi connectivity index (χ1v) is 44.1. The molecule has 3 aliphatic heterocycles. The molecule has 16 rings (SSSR count). The van der Waals surface area contributed by atoms with E-state index in [1.807, 2.05) is 243 Å². The van der Waals surface area contributed by atoms with Crippen LogP contribution >= 0.6 is 0 Å². The molecule has 0 N–H and O–H groups in total. The Bertz CT molecular complexity index is 4770. The van der Waals surface area contributed by atoms with E-state index in [1.54, 1.807) is 0 Å². The first kappa shape index (κ1) is 83.8. The SMILES string of the molecule is CC1(C)[C@H]2CC[C@]1(C)[C@]1(C2)O[C@@H]2[C@H](OCc3ccccc3)[C@@H](OCc3ccccc3)[C@H](OCc3ccccc3)[C@@H](O[C@H]3O[C@H](COCc4ccccc4)[C@@H](O[C@H]4O[C@H](CO[Si](c5ccccc5)(c5ccccc5)C(C)(C)C)[C@@H](OCc5ccccc5)[C@H](OCc5ccccc5)[C@@H]4OCc4ccccc4)[C@H](OCc4ccccc4)[C@H]3N=[N+]=[N-])[C@@H]2O1. The van der Waals surface area contributed by atoms with Crippen LogP contribution in [-0.2, 0) is 124 Å². The second-order valence-electron chi connectivity index (χ2n) is 34.2. The van der Waals surface area contributed by atoms with E-state index >= 15 is 0 Å². The maximum Gasteiger partial charge on any atom is 0.261 e. The maximum atomic E-state index is 11.5. The molecule has 0 aromatic heterocycles. The lowest BCUT2D eigenvalue weighted by Crippen LogP contribution is -2.69. The van der Waals surface area contributed by atoms with E-state index in [1.165, 1.54) is 0 Å². The van der Waals surface area contributed by atoms with Crippen LogP contribution < -0.4 is 10.4 Å². The van der Waals surface area contributed by atoms with E-state index in [2.05, 4.69) is 107 Å². The zero-order valence-electron chi connectivity index (χ0n) is 68.8. The lowest BCUT2D eigenvalue weighted by atomic mass is 9.68. The topological polar surface area (TPSA) is 187 Å². The van der Waals surface area contributed by atoms with Gasteiger partial charge in [-0.2, -0.15) is 0 Å². The second-order valence-corrected chi connectivity index (χ2v) is 38.5. The van der Waals surface area contributed by atoms with E-state index in [0.29, 0.717) is 12.3 Å². The molecule has 0 unspecified atom stereocenters. The fourth-order valence-electron chi connectivity index (χ4n) is 19.0. The fraction of sp³-hybridized carbons (Fsp3) is 0.400. The minimum atomic E-state index is -3.35. The molecule has 19 atom stereocenters. The van der Waals surface area contributed by atoms with Crippen molar-refractivity contribution in [2.24, 2.45) is 21.9 Å². The van der Waals surface area contributed by atoms with Gasteiger partial charge in [0, 0.05) is 16.7 Å². The van der Waals surface area contributed by atoms with Gasteiger partial charge in [0.2, 0.25) is 0 Å². The van der Waals surface area contributed by atoms with Crippen LogP contribution in [-0.4, -0.2) is 125 Å². The third-order valence-electron chi connectivity index (χ3n) is 25.6. The number of hydrogen-bond acceptors (Lipinski definition) is 16. The summed E-state index contributed by atoms with van der Waals surface area (Å²) in [5, 5.41) is 6.54. The van der Waals surface area contributed by atoms with Crippen LogP contribution in [0, 0.1) is 16.7 Å². The number of benzene rings is 10. The van der Waals surface area contributed by atoms with Gasteiger partial charge in [-0.15, -0.1) is 0 Å². The molecule has 18 nitrogen and oxygen atoms in total. The zero-order valence-corrected chi connectivity index (χ0v) is 69.8. The summed E-state index contributed by atoms with van der Waals surface area (Å²) in [6, 6.07) is 100. The third-order valence-corrected chi connectivity index (χ3v) is 30.6. The minimum absolute atomic E-state index is 0.00876. The predicted molar refractivity (Wildman–Crippen MR) is 457 cm³/mol. The van der Waals surface area contributed by atoms with Crippen molar-refractivity contribution in [3.8, 4) is 0 Å². The predicted octanol–water partition coefficient (Wildman–Crippen LogP) is 18.1. The van der Waals surface area contributed by atoms with Crippen LogP contribution in [0.25, 0.3) is 10.4 Å². The number of rotatable bonds is 35. The normalized spacial score (nSPS) is 28.9.